The molecule has 10 nitrogen and oxygen atoms in total. The van der Waals surface area contributed by atoms with Crippen molar-refractivity contribution in [2.75, 3.05) is 14.2 Å². The van der Waals surface area contributed by atoms with Crippen LogP contribution in [0.4, 0.5) is 5.69 Å². The fourth-order valence-electron chi connectivity index (χ4n) is 4.45. The summed E-state index contributed by atoms with van der Waals surface area (Å²) in [6.45, 7) is 2.08. The summed E-state index contributed by atoms with van der Waals surface area (Å²) in [6, 6.07) is 15.2. The third-order valence-electron chi connectivity index (χ3n) is 6.21. The molecule has 0 spiro atoms. The molecule has 2 N–H and O–H groups in total. The van der Waals surface area contributed by atoms with E-state index in [9.17, 15) is 20.2 Å². The van der Waals surface area contributed by atoms with Crippen LogP contribution in [0.5, 0.6) is 17.2 Å². The second-order valence-corrected chi connectivity index (χ2v) is 8.20. The third-order valence-corrected chi connectivity index (χ3v) is 6.21. The molecule has 0 unspecified atom stereocenters. The van der Waals surface area contributed by atoms with Crippen molar-refractivity contribution in [3.8, 4) is 23.3 Å². The van der Waals surface area contributed by atoms with Crippen molar-refractivity contribution in [1.29, 1.82) is 5.26 Å². The van der Waals surface area contributed by atoms with Gasteiger partial charge in [0.25, 0.3) is 11.2 Å². The highest BCUT2D eigenvalue weighted by atomic mass is 16.6. The highest BCUT2D eigenvalue weighted by Gasteiger charge is 2.37. The molecule has 4 rings (SSSR count). The molecule has 1 aliphatic heterocycles. The zero-order valence-corrected chi connectivity index (χ0v) is 20.0. The maximum absolute atomic E-state index is 13.8. The molecule has 184 valence electrons. The minimum atomic E-state index is -1.04. The molecular weight excluding hydrogens is 464 g/mol. The van der Waals surface area contributed by atoms with Gasteiger partial charge in [0.05, 0.1) is 30.6 Å². The molecule has 10 heteroatoms. The van der Waals surface area contributed by atoms with Gasteiger partial charge in [-0.2, -0.15) is 5.26 Å². The maximum Gasteiger partial charge on any atom is 0.273 e. The minimum absolute atomic E-state index is 0.0517. The first-order valence-corrected chi connectivity index (χ1v) is 11.1. The lowest BCUT2D eigenvalue weighted by atomic mass is 9.83. The van der Waals surface area contributed by atoms with E-state index < -0.39 is 16.4 Å². The number of para-hydroxylation sites is 1. The Morgan fingerprint density at radius 3 is 2.56 bits per heavy atom. The van der Waals surface area contributed by atoms with Gasteiger partial charge in [-0.1, -0.05) is 24.3 Å². The van der Waals surface area contributed by atoms with Gasteiger partial charge in [-0.05, 0) is 31.0 Å². The quantitative estimate of drug-likeness (QED) is 0.393. The first kappa shape index (κ1) is 24.3. The number of ether oxygens (including phenoxy) is 3. The summed E-state index contributed by atoms with van der Waals surface area (Å²) in [5.41, 5.74) is 7.21. The predicted molar refractivity (Wildman–Crippen MR) is 131 cm³/mol. The number of hydrogen-bond donors (Lipinski definition) is 1. The van der Waals surface area contributed by atoms with Gasteiger partial charge in [0.2, 0.25) is 5.88 Å². The van der Waals surface area contributed by atoms with Gasteiger partial charge in [0, 0.05) is 29.9 Å². The van der Waals surface area contributed by atoms with Gasteiger partial charge >= 0.3 is 0 Å². The van der Waals surface area contributed by atoms with Crippen LogP contribution in [0.2, 0.25) is 0 Å². The Hall–Kier alpha value is -4.78. The number of nitrogens with two attached hydrogens (primary N) is 1. The lowest BCUT2D eigenvalue weighted by Crippen LogP contribution is -2.33. The van der Waals surface area contributed by atoms with Crippen LogP contribution < -0.4 is 25.5 Å². The standard InChI is InChI=1S/C26H24N4O6/c1-15-12-22-24(26(31)29(15)11-10-16-8-9-20(34-2)21(13-16)35-3)23(18(14-27)25(28)36-22)17-6-4-5-7-19(17)30(32)33/h4-9,12-13,23H,10-11,28H2,1-3H3/t23-/m0/s1. The van der Waals surface area contributed by atoms with E-state index in [1.54, 1.807) is 43.9 Å². The van der Waals surface area contributed by atoms with E-state index in [0.29, 0.717) is 30.2 Å². The molecule has 0 saturated carbocycles. The first-order chi connectivity index (χ1) is 17.3. The van der Waals surface area contributed by atoms with E-state index in [2.05, 4.69) is 0 Å². The van der Waals surface area contributed by atoms with Crippen LogP contribution in [-0.4, -0.2) is 23.7 Å². The second kappa shape index (κ2) is 9.84. The number of nitriles is 1. The lowest BCUT2D eigenvalue weighted by Gasteiger charge is -2.27. The molecule has 36 heavy (non-hydrogen) atoms. The molecule has 0 saturated heterocycles. The van der Waals surface area contributed by atoms with Gasteiger partial charge in [-0.25, -0.2) is 0 Å². The maximum atomic E-state index is 13.8. The predicted octanol–water partition coefficient (Wildman–Crippen LogP) is 3.54. The fourth-order valence-corrected chi connectivity index (χ4v) is 4.45. The smallest absolute Gasteiger partial charge is 0.273 e. The van der Waals surface area contributed by atoms with E-state index in [1.165, 1.54) is 18.2 Å². The Balaban J connectivity index is 1.82. The number of aryl methyl sites for hydroxylation is 2. The number of pyridine rings is 1. The number of methoxy groups -OCH3 is 2. The van der Waals surface area contributed by atoms with Crippen molar-refractivity contribution in [1.82, 2.24) is 4.57 Å². The number of nitro benzene ring substituents is 1. The number of benzene rings is 2. The van der Waals surface area contributed by atoms with Crippen molar-refractivity contribution in [2.24, 2.45) is 5.73 Å². The monoisotopic (exact) mass is 488 g/mol. The summed E-state index contributed by atoms with van der Waals surface area (Å²) < 4.78 is 17.9. The number of nitrogens with zero attached hydrogens (tertiary/aromatic N) is 3. The number of rotatable bonds is 7. The Labute approximate surface area is 206 Å². The summed E-state index contributed by atoms with van der Waals surface area (Å²) in [5.74, 6) is 0.130. The van der Waals surface area contributed by atoms with Crippen molar-refractivity contribution >= 4 is 5.69 Å². The van der Waals surface area contributed by atoms with Crippen LogP contribution in [0.15, 0.2) is 64.8 Å². The number of fused-ring (bicyclic) bond motifs is 1. The lowest BCUT2D eigenvalue weighted by molar-refractivity contribution is -0.385. The summed E-state index contributed by atoms with van der Waals surface area (Å²) in [7, 11) is 3.11. The molecule has 2 heterocycles. The van der Waals surface area contributed by atoms with Crippen molar-refractivity contribution < 1.29 is 19.1 Å². The van der Waals surface area contributed by atoms with Gasteiger partial charge in [-0.15, -0.1) is 0 Å². The van der Waals surface area contributed by atoms with Crippen LogP contribution in [0.1, 0.15) is 28.3 Å². The van der Waals surface area contributed by atoms with Crippen LogP contribution in [-0.2, 0) is 13.0 Å². The van der Waals surface area contributed by atoms with E-state index in [0.717, 1.165) is 5.56 Å². The average Bonchev–Trinajstić information content (AvgIpc) is 2.87. The SMILES string of the molecule is COc1ccc(CCn2c(C)cc3c(c2=O)[C@@H](c2ccccc2[N+](=O)[O-])C(C#N)=C(N)O3)cc1OC. The second-order valence-electron chi connectivity index (χ2n) is 8.20. The highest BCUT2D eigenvalue weighted by molar-refractivity contribution is 5.59. The number of nitro groups is 1. The Bertz CT molecular complexity index is 1480. The number of allylic oxidation sites excluding steroid dienone is 1. The largest absolute Gasteiger partial charge is 0.493 e. The topological polar surface area (TPSA) is 143 Å². The Morgan fingerprint density at radius 2 is 1.89 bits per heavy atom. The molecule has 3 aromatic rings. The highest BCUT2D eigenvalue weighted by Crippen LogP contribution is 2.43. The molecule has 2 aromatic carbocycles. The molecule has 1 aromatic heterocycles. The van der Waals surface area contributed by atoms with Crippen molar-refractivity contribution in [3.63, 3.8) is 0 Å². The molecule has 0 aliphatic carbocycles. The molecule has 1 aliphatic rings. The van der Waals surface area contributed by atoms with E-state index in [4.69, 9.17) is 19.9 Å². The van der Waals surface area contributed by atoms with Gasteiger partial charge in [0.15, 0.2) is 11.5 Å². The minimum Gasteiger partial charge on any atom is -0.493 e. The van der Waals surface area contributed by atoms with Crippen LogP contribution >= 0.6 is 0 Å². The molecule has 1 atom stereocenters. The van der Waals surface area contributed by atoms with Gasteiger partial charge < -0.3 is 24.5 Å². The molecule has 0 amide bonds. The van der Waals surface area contributed by atoms with E-state index in [-0.39, 0.29) is 34.0 Å². The summed E-state index contributed by atoms with van der Waals surface area (Å²) >= 11 is 0. The van der Waals surface area contributed by atoms with Crippen molar-refractivity contribution in [2.45, 2.75) is 25.8 Å². The first-order valence-electron chi connectivity index (χ1n) is 11.1. The molecule has 0 radical (unpaired) electrons. The third kappa shape index (κ3) is 4.22. The summed E-state index contributed by atoms with van der Waals surface area (Å²) in [5, 5.41) is 21.6. The van der Waals surface area contributed by atoms with Crippen LogP contribution in [0.25, 0.3) is 0 Å². The fraction of sp³-hybridized carbons (Fsp3) is 0.231. The Kier molecular flexibility index (Phi) is 6.65. The molecule has 0 bridgehead atoms. The zero-order valence-electron chi connectivity index (χ0n) is 20.0. The zero-order chi connectivity index (χ0) is 26.0. The molecule has 0 fully saturated rings. The van der Waals surface area contributed by atoms with Crippen molar-refractivity contribution in [3.05, 3.63) is 103 Å². The number of aromatic nitrogens is 1. The van der Waals surface area contributed by atoms with Crippen LogP contribution in [0.3, 0.4) is 0 Å². The Morgan fingerprint density at radius 1 is 1.17 bits per heavy atom. The van der Waals surface area contributed by atoms with Crippen LogP contribution in [0, 0.1) is 28.4 Å². The van der Waals surface area contributed by atoms with E-state index >= 15 is 0 Å². The number of hydrogen-bond acceptors (Lipinski definition) is 8. The molecular formula is C26H24N4O6. The van der Waals surface area contributed by atoms with Gasteiger partial charge in [-0.3, -0.25) is 14.9 Å². The summed E-state index contributed by atoms with van der Waals surface area (Å²) in [6.07, 6.45) is 0.500. The average molecular weight is 489 g/mol. The van der Waals surface area contributed by atoms with Gasteiger partial charge in [0.1, 0.15) is 17.4 Å². The summed E-state index contributed by atoms with van der Waals surface area (Å²) in [4.78, 5) is 25.0. The van der Waals surface area contributed by atoms with E-state index in [1.807, 2.05) is 18.2 Å². The normalized spacial score (nSPS) is 14.4.